The van der Waals surface area contributed by atoms with Gasteiger partial charge in [0.05, 0.1) is 6.07 Å². The fraction of sp³-hybridized carbons (Fsp3) is 0.267. The van der Waals surface area contributed by atoms with Crippen molar-refractivity contribution < 1.29 is 4.85 Å². The summed E-state index contributed by atoms with van der Waals surface area (Å²) in [7, 11) is 0. The number of hydrazone groups is 1. The second-order valence-electron chi connectivity index (χ2n) is 5.23. The van der Waals surface area contributed by atoms with Crippen LogP contribution in [0.5, 0.6) is 0 Å². The van der Waals surface area contributed by atoms with Crippen LogP contribution in [-0.2, 0) is 0 Å². The molecule has 2 aromatic rings. The van der Waals surface area contributed by atoms with E-state index in [2.05, 4.69) is 16.5 Å². The standard InChI is InChI=1S/C15H13Cl2N5OS/c1-9-5-10(22-20-3-2-4-21(22)23)6-12(16)14(9)11(7-18)13-8-19-15(17)24-13/h4-6,8,11,20H,2-3H2,1H3. The number of anilines is 1. The predicted molar refractivity (Wildman–Crippen MR) is 95.6 cm³/mol. The number of benzene rings is 1. The van der Waals surface area contributed by atoms with Crippen LogP contribution in [0.4, 0.5) is 5.69 Å². The smallest absolute Gasteiger partial charge is 0.187 e. The van der Waals surface area contributed by atoms with Gasteiger partial charge in [-0.15, -0.1) is 11.3 Å². The Morgan fingerprint density at radius 2 is 2.29 bits per heavy atom. The molecule has 1 aliphatic heterocycles. The summed E-state index contributed by atoms with van der Waals surface area (Å²) in [6, 6.07) is 5.76. The molecule has 1 atom stereocenters. The Labute approximate surface area is 153 Å². The molecule has 0 radical (unpaired) electrons. The van der Waals surface area contributed by atoms with Gasteiger partial charge in [0.25, 0.3) is 0 Å². The highest BCUT2D eigenvalue weighted by atomic mass is 35.5. The first-order chi connectivity index (χ1) is 11.5. The molecule has 2 heterocycles. The molecule has 1 aromatic carbocycles. The molecule has 0 amide bonds. The van der Waals surface area contributed by atoms with Crippen molar-refractivity contribution in [3.05, 3.63) is 49.0 Å². The van der Waals surface area contributed by atoms with E-state index in [1.807, 2.05) is 13.0 Å². The number of nitriles is 1. The molecule has 24 heavy (non-hydrogen) atoms. The quantitative estimate of drug-likeness (QED) is 0.648. The molecule has 0 saturated heterocycles. The van der Waals surface area contributed by atoms with Gasteiger partial charge in [0.1, 0.15) is 11.6 Å². The van der Waals surface area contributed by atoms with Gasteiger partial charge in [-0.1, -0.05) is 33.2 Å². The molecular formula is C15H13Cl2N5OS. The minimum atomic E-state index is -0.555. The van der Waals surface area contributed by atoms with Gasteiger partial charge in [-0.3, -0.25) is 0 Å². The number of hydrogen-bond acceptors (Lipinski definition) is 6. The Balaban J connectivity index is 2.03. The highest BCUT2D eigenvalue weighted by molar-refractivity contribution is 7.15. The molecule has 124 valence electrons. The second kappa shape index (κ2) is 6.95. The van der Waals surface area contributed by atoms with Crippen molar-refractivity contribution >= 4 is 46.4 Å². The summed E-state index contributed by atoms with van der Waals surface area (Å²) in [5, 5.41) is 23.3. The zero-order valence-electron chi connectivity index (χ0n) is 12.7. The summed E-state index contributed by atoms with van der Waals surface area (Å²) >= 11 is 13.6. The maximum Gasteiger partial charge on any atom is 0.187 e. The van der Waals surface area contributed by atoms with E-state index >= 15 is 0 Å². The number of hydrogen-bond donors (Lipinski definition) is 1. The first-order valence-electron chi connectivity index (χ1n) is 7.15. The van der Waals surface area contributed by atoms with Crippen LogP contribution in [0.3, 0.4) is 0 Å². The predicted octanol–water partition coefficient (Wildman–Crippen LogP) is 3.62. The number of nitrogens with one attached hydrogen (secondary N) is 1. The van der Waals surface area contributed by atoms with Crippen LogP contribution >= 0.6 is 34.5 Å². The summed E-state index contributed by atoms with van der Waals surface area (Å²) in [6.07, 6.45) is 3.80. The Morgan fingerprint density at radius 1 is 1.50 bits per heavy atom. The van der Waals surface area contributed by atoms with Crippen LogP contribution in [-0.4, -0.2) is 22.6 Å². The molecule has 0 spiro atoms. The maximum atomic E-state index is 11.9. The van der Waals surface area contributed by atoms with E-state index in [4.69, 9.17) is 23.2 Å². The third-order valence-electron chi connectivity index (χ3n) is 3.65. The van der Waals surface area contributed by atoms with Crippen molar-refractivity contribution in [3.8, 4) is 6.07 Å². The molecule has 3 rings (SSSR count). The van der Waals surface area contributed by atoms with Crippen molar-refractivity contribution in [2.24, 2.45) is 0 Å². The number of aryl methyl sites for hydroxylation is 1. The minimum absolute atomic E-state index is 0.380. The molecule has 9 heteroatoms. The second-order valence-corrected chi connectivity index (χ2v) is 7.28. The molecule has 6 nitrogen and oxygen atoms in total. The van der Waals surface area contributed by atoms with E-state index in [0.29, 0.717) is 33.7 Å². The van der Waals surface area contributed by atoms with Crippen molar-refractivity contribution in [1.82, 2.24) is 10.4 Å². The van der Waals surface area contributed by atoms with Crippen molar-refractivity contribution in [2.45, 2.75) is 19.3 Å². The van der Waals surface area contributed by atoms with Crippen LogP contribution in [0.15, 0.2) is 18.3 Å². The van der Waals surface area contributed by atoms with E-state index in [1.165, 1.54) is 16.5 Å². The molecule has 1 aromatic heterocycles. The van der Waals surface area contributed by atoms with E-state index in [-0.39, 0.29) is 0 Å². The summed E-state index contributed by atoms with van der Waals surface area (Å²) in [4.78, 5) is 5.46. The Kier molecular flexibility index (Phi) is 4.92. The average Bonchev–Trinajstić information content (AvgIpc) is 2.97. The largest absolute Gasteiger partial charge is 0.595 e. The van der Waals surface area contributed by atoms with Gasteiger partial charge < -0.3 is 5.21 Å². The minimum Gasteiger partial charge on any atom is -0.595 e. The molecule has 0 bridgehead atoms. The fourth-order valence-electron chi connectivity index (χ4n) is 2.60. The van der Waals surface area contributed by atoms with Gasteiger partial charge in [-0.2, -0.15) is 10.7 Å². The summed E-state index contributed by atoms with van der Waals surface area (Å²) in [6.45, 7) is 2.53. The van der Waals surface area contributed by atoms with Gasteiger partial charge >= 0.3 is 0 Å². The zero-order valence-corrected chi connectivity index (χ0v) is 15.0. The van der Waals surface area contributed by atoms with E-state index in [0.717, 1.165) is 15.3 Å². The van der Waals surface area contributed by atoms with Gasteiger partial charge in [0.15, 0.2) is 10.7 Å². The number of aromatic nitrogens is 1. The fourth-order valence-corrected chi connectivity index (χ4v) is 3.97. The Morgan fingerprint density at radius 3 is 2.88 bits per heavy atom. The molecular weight excluding hydrogens is 369 g/mol. The third kappa shape index (κ3) is 3.19. The number of nitrogens with zero attached hydrogens (tertiary/aromatic N) is 4. The number of thiazole rings is 1. The SMILES string of the molecule is Cc1cc(N2NCCC=[N+]2[O-])cc(Cl)c1C(C#N)c1cnc(Cl)s1. The van der Waals surface area contributed by atoms with Gasteiger partial charge in [-0.25, -0.2) is 4.98 Å². The average molecular weight is 382 g/mol. The summed E-state index contributed by atoms with van der Waals surface area (Å²) in [5.74, 6) is -0.555. The lowest BCUT2D eigenvalue weighted by Gasteiger charge is -2.25. The summed E-state index contributed by atoms with van der Waals surface area (Å²) in [5.41, 5.74) is 5.13. The van der Waals surface area contributed by atoms with Gasteiger partial charge in [-0.05, 0) is 30.2 Å². The maximum absolute atomic E-state index is 11.9. The van der Waals surface area contributed by atoms with Crippen LogP contribution in [0.2, 0.25) is 9.49 Å². The molecule has 1 aliphatic rings. The monoisotopic (exact) mass is 381 g/mol. The van der Waals surface area contributed by atoms with Gasteiger partial charge in [0.2, 0.25) is 0 Å². The van der Waals surface area contributed by atoms with Crippen molar-refractivity contribution in [1.29, 1.82) is 5.26 Å². The Bertz CT molecular complexity index is 822. The summed E-state index contributed by atoms with van der Waals surface area (Å²) < 4.78 is 0.380. The molecule has 0 aliphatic carbocycles. The van der Waals surface area contributed by atoms with Crippen molar-refractivity contribution in [3.63, 3.8) is 0 Å². The van der Waals surface area contributed by atoms with E-state index in [9.17, 15) is 10.5 Å². The first kappa shape index (κ1) is 17.0. The van der Waals surface area contributed by atoms with Crippen LogP contribution in [0, 0.1) is 23.5 Å². The molecule has 0 saturated carbocycles. The lowest BCUT2D eigenvalue weighted by molar-refractivity contribution is -0.482. The number of rotatable bonds is 3. The van der Waals surface area contributed by atoms with E-state index < -0.39 is 5.92 Å². The van der Waals surface area contributed by atoms with Crippen molar-refractivity contribution in [2.75, 3.05) is 11.7 Å². The topological polar surface area (TPSA) is 78.0 Å². The normalized spacial score (nSPS) is 15.8. The zero-order chi connectivity index (χ0) is 17.3. The highest BCUT2D eigenvalue weighted by Gasteiger charge is 2.25. The number of hydrazine groups is 2. The first-order valence-corrected chi connectivity index (χ1v) is 8.72. The van der Waals surface area contributed by atoms with Crippen LogP contribution < -0.4 is 10.5 Å². The highest BCUT2D eigenvalue weighted by Crippen LogP contribution is 2.38. The molecule has 0 fully saturated rings. The molecule has 1 unspecified atom stereocenters. The lowest BCUT2D eigenvalue weighted by atomic mass is 9.94. The lowest BCUT2D eigenvalue weighted by Crippen LogP contribution is -2.48. The van der Waals surface area contributed by atoms with Crippen LogP contribution in [0.1, 0.15) is 28.3 Å². The number of halogens is 2. The van der Waals surface area contributed by atoms with E-state index in [1.54, 1.807) is 18.5 Å². The van der Waals surface area contributed by atoms with Crippen LogP contribution in [0.25, 0.3) is 0 Å². The van der Waals surface area contributed by atoms with Gasteiger partial charge in [0, 0.05) is 29.1 Å². The Hall–Kier alpha value is -1.85. The molecule has 1 N–H and O–H groups in total. The third-order valence-corrected chi connectivity index (χ3v) is 5.14.